The standard InChI is InChI=1S/C51H31N3OS/c1-4-14-32(15-5-1)33-24-26-36(27-25-33)50-52-49(35-18-8-3-9-19-35)53-51(54-50)41-30-37(31-43-47(41)39-20-10-12-22-42(39)55-43)46-38(34-16-6-2-7-17-34)28-29-45-48(46)40-21-11-13-23-44(40)56-45/h1-31H. The molecular weight excluding hydrogens is 703 g/mol. The second-order valence-electron chi connectivity index (χ2n) is 13.9. The molecule has 0 spiro atoms. The summed E-state index contributed by atoms with van der Waals surface area (Å²) >= 11 is 1.82. The molecule has 11 aromatic rings. The number of furan rings is 1. The van der Waals surface area contributed by atoms with Crippen molar-refractivity contribution in [2.45, 2.75) is 0 Å². The minimum atomic E-state index is 0.586. The molecule has 8 aromatic carbocycles. The van der Waals surface area contributed by atoms with E-state index in [-0.39, 0.29) is 0 Å². The van der Waals surface area contributed by atoms with E-state index in [2.05, 4.69) is 152 Å². The molecule has 0 unspecified atom stereocenters. The second-order valence-corrected chi connectivity index (χ2v) is 15.0. The van der Waals surface area contributed by atoms with Crippen molar-refractivity contribution < 1.29 is 4.42 Å². The van der Waals surface area contributed by atoms with Crippen molar-refractivity contribution in [2.75, 3.05) is 0 Å². The Hall–Kier alpha value is -7.21. The number of aromatic nitrogens is 3. The molecule has 0 aliphatic heterocycles. The van der Waals surface area contributed by atoms with Gasteiger partial charge in [-0.25, -0.2) is 15.0 Å². The van der Waals surface area contributed by atoms with Gasteiger partial charge in [0.1, 0.15) is 11.2 Å². The first-order valence-corrected chi connectivity index (χ1v) is 19.5. The fourth-order valence-electron chi connectivity index (χ4n) is 7.93. The number of hydrogen-bond acceptors (Lipinski definition) is 5. The first kappa shape index (κ1) is 32.2. The van der Waals surface area contributed by atoms with Gasteiger partial charge in [0, 0.05) is 47.6 Å². The van der Waals surface area contributed by atoms with Crippen LogP contribution in [0, 0.1) is 0 Å². The van der Waals surface area contributed by atoms with Crippen molar-refractivity contribution in [3.63, 3.8) is 0 Å². The highest BCUT2D eigenvalue weighted by Crippen LogP contribution is 2.48. The van der Waals surface area contributed by atoms with Gasteiger partial charge in [-0.15, -0.1) is 11.3 Å². The highest BCUT2D eigenvalue weighted by Gasteiger charge is 2.23. The Balaban J connectivity index is 1.21. The molecule has 0 fully saturated rings. The second kappa shape index (κ2) is 13.3. The van der Waals surface area contributed by atoms with Crippen molar-refractivity contribution in [2.24, 2.45) is 0 Å². The summed E-state index contributed by atoms with van der Waals surface area (Å²) in [4.78, 5) is 15.6. The smallest absolute Gasteiger partial charge is 0.164 e. The molecule has 0 amide bonds. The van der Waals surface area contributed by atoms with E-state index in [0.717, 1.165) is 72.0 Å². The van der Waals surface area contributed by atoms with Crippen LogP contribution in [-0.2, 0) is 0 Å². The lowest BCUT2D eigenvalue weighted by Crippen LogP contribution is -2.01. The molecule has 0 saturated carbocycles. The summed E-state index contributed by atoms with van der Waals surface area (Å²) in [6, 6.07) is 65.6. The maximum Gasteiger partial charge on any atom is 0.164 e. The van der Waals surface area contributed by atoms with E-state index in [9.17, 15) is 0 Å². The summed E-state index contributed by atoms with van der Waals surface area (Å²) in [7, 11) is 0. The Bertz CT molecular complexity index is 3230. The van der Waals surface area contributed by atoms with Gasteiger partial charge in [-0.1, -0.05) is 158 Å². The van der Waals surface area contributed by atoms with Crippen LogP contribution in [0.3, 0.4) is 0 Å². The molecule has 4 nitrogen and oxygen atoms in total. The Morgan fingerprint density at radius 3 is 1.62 bits per heavy atom. The molecule has 11 rings (SSSR count). The molecular formula is C51H31N3OS. The fraction of sp³-hybridized carbons (Fsp3) is 0. The lowest BCUT2D eigenvalue weighted by atomic mass is 9.89. The number of para-hydroxylation sites is 1. The van der Waals surface area contributed by atoms with Crippen LogP contribution in [0.2, 0.25) is 0 Å². The third kappa shape index (κ3) is 5.48. The first-order chi connectivity index (χ1) is 27.7. The van der Waals surface area contributed by atoms with Crippen molar-refractivity contribution >= 4 is 53.4 Å². The number of nitrogens with zero attached hydrogens (tertiary/aromatic N) is 3. The Morgan fingerprint density at radius 1 is 0.339 bits per heavy atom. The van der Waals surface area contributed by atoms with E-state index < -0.39 is 0 Å². The van der Waals surface area contributed by atoms with Crippen molar-refractivity contribution in [1.29, 1.82) is 0 Å². The summed E-state index contributed by atoms with van der Waals surface area (Å²) in [6.07, 6.45) is 0. The number of thiophene rings is 1. The van der Waals surface area contributed by atoms with E-state index >= 15 is 0 Å². The van der Waals surface area contributed by atoms with E-state index in [1.165, 1.54) is 20.2 Å². The molecule has 0 N–H and O–H groups in total. The predicted molar refractivity (Wildman–Crippen MR) is 233 cm³/mol. The number of benzene rings is 8. The van der Waals surface area contributed by atoms with E-state index in [0.29, 0.717) is 17.5 Å². The quantitative estimate of drug-likeness (QED) is 0.171. The van der Waals surface area contributed by atoms with Gasteiger partial charge in [0.2, 0.25) is 0 Å². The molecule has 3 heterocycles. The molecule has 262 valence electrons. The zero-order chi connectivity index (χ0) is 37.0. The van der Waals surface area contributed by atoms with Crippen LogP contribution in [-0.4, -0.2) is 15.0 Å². The van der Waals surface area contributed by atoms with E-state index in [1.807, 2.05) is 47.7 Å². The predicted octanol–water partition coefficient (Wildman–Crippen LogP) is 14.1. The van der Waals surface area contributed by atoms with Crippen LogP contribution in [0.15, 0.2) is 192 Å². The normalized spacial score (nSPS) is 11.6. The fourth-order valence-corrected chi connectivity index (χ4v) is 9.05. The van der Waals surface area contributed by atoms with Gasteiger partial charge >= 0.3 is 0 Å². The van der Waals surface area contributed by atoms with Gasteiger partial charge in [-0.2, -0.15) is 0 Å². The van der Waals surface area contributed by atoms with Crippen molar-refractivity contribution in [1.82, 2.24) is 15.0 Å². The summed E-state index contributed by atoms with van der Waals surface area (Å²) < 4.78 is 9.21. The largest absolute Gasteiger partial charge is 0.456 e. The summed E-state index contributed by atoms with van der Waals surface area (Å²) in [5.74, 6) is 1.80. The van der Waals surface area contributed by atoms with Crippen LogP contribution >= 0.6 is 11.3 Å². The highest BCUT2D eigenvalue weighted by molar-refractivity contribution is 7.26. The summed E-state index contributed by atoms with van der Waals surface area (Å²) in [5.41, 5.74) is 11.1. The zero-order valence-corrected chi connectivity index (χ0v) is 30.9. The van der Waals surface area contributed by atoms with Crippen molar-refractivity contribution in [3.05, 3.63) is 188 Å². The molecule has 3 aromatic heterocycles. The van der Waals surface area contributed by atoms with Crippen LogP contribution in [0.4, 0.5) is 0 Å². The maximum atomic E-state index is 6.72. The molecule has 0 bridgehead atoms. The molecule has 0 saturated heterocycles. The third-order valence-corrected chi connectivity index (χ3v) is 11.7. The van der Waals surface area contributed by atoms with Gasteiger partial charge in [0.05, 0.1) is 0 Å². The molecule has 0 aliphatic rings. The van der Waals surface area contributed by atoms with E-state index in [4.69, 9.17) is 19.4 Å². The van der Waals surface area contributed by atoms with Gasteiger partial charge in [-0.3, -0.25) is 0 Å². The molecule has 5 heteroatoms. The van der Waals surface area contributed by atoms with Gasteiger partial charge < -0.3 is 4.42 Å². The Kier molecular flexibility index (Phi) is 7.64. The molecule has 0 aliphatic carbocycles. The third-order valence-electron chi connectivity index (χ3n) is 10.6. The number of hydrogen-bond donors (Lipinski definition) is 0. The SMILES string of the molecule is c1ccc(-c2ccc(-c3nc(-c4ccccc4)nc(-c4cc(-c5c(-c6ccccc6)ccc6sc7ccccc7c56)cc5oc6ccccc6c45)n3)cc2)cc1. The Morgan fingerprint density at radius 2 is 0.893 bits per heavy atom. The topological polar surface area (TPSA) is 51.8 Å². The molecule has 0 radical (unpaired) electrons. The molecule has 56 heavy (non-hydrogen) atoms. The maximum absolute atomic E-state index is 6.72. The zero-order valence-electron chi connectivity index (χ0n) is 30.1. The molecule has 0 atom stereocenters. The Labute approximate surface area is 327 Å². The highest BCUT2D eigenvalue weighted by atomic mass is 32.1. The van der Waals surface area contributed by atoms with Gasteiger partial charge in [0.25, 0.3) is 0 Å². The summed E-state index contributed by atoms with van der Waals surface area (Å²) in [6.45, 7) is 0. The minimum Gasteiger partial charge on any atom is -0.456 e. The minimum absolute atomic E-state index is 0.586. The lowest BCUT2D eigenvalue weighted by molar-refractivity contribution is 0.669. The monoisotopic (exact) mass is 733 g/mol. The van der Waals surface area contributed by atoms with Crippen LogP contribution < -0.4 is 0 Å². The average molecular weight is 734 g/mol. The van der Waals surface area contributed by atoms with Crippen molar-refractivity contribution in [3.8, 4) is 67.5 Å². The van der Waals surface area contributed by atoms with Crippen LogP contribution in [0.25, 0.3) is 110 Å². The lowest BCUT2D eigenvalue weighted by Gasteiger charge is -2.15. The average Bonchev–Trinajstić information content (AvgIpc) is 3.85. The van der Waals surface area contributed by atoms with Gasteiger partial charge in [-0.05, 0) is 63.7 Å². The van der Waals surface area contributed by atoms with E-state index in [1.54, 1.807) is 0 Å². The van der Waals surface area contributed by atoms with Crippen LogP contribution in [0.5, 0.6) is 0 Å². The van der Waals surface area contributed by atoms with Crippen LogP contribution in [0.1, 0.15) is 0 Å². The number of rotatable bonds is 6. The van der Waals surface area contributed by atoms with Gasteiger partial charge in [0.15, 0.2) is 17.5 Å². The summed E-state index contributed by atoms with van der Waals surface area (Å²) in [5, 5.41) is 4.46. The number of fused-ring (bicyclic) bond motifs is 6. The first-order valence-electron chi connectivity index (χ1n) is 18.7.